The van der Waals surface area contributed by atoms with E-state index in [-0.39, 0.29) is 6.10 Å². The van der Waals surface area contributed by atoms with Gasteiger partial charge in [-0.1, -0.05) is 18.2 Å². The SMILES string of the molecule is Cc1nn(-c2ccccc2)c(C)c1CN1CCC(C(C)O)C1. The predicted molar refractivity (Wildman–Crippen MR) is 88.1 cm³/mol. The van der Waals surface area contributed by atoms with E-state index < -0.39 is 0 Å². The number of likely N-dealkylation sites (tertiary alicyclic amines) is 1. The smallest absolute Gasteiger partial charge is 0.0648 e. The Morgan fingerprint density at radius 1 is 1.27 bits per heavy atom. The van der Waals surface area contributed by atoms with E-state index in [1.54, 1.807) is 0 Å². The van der Waals surface area contributed by atoms with Gasteiger partial charge in [-0.15, -0.1) is 0 Å². The molecule has 0 aliphatic carbocycles. The molecule has 1 aromatic carbocycles. The number of aliphatic hydroxyl groups is 1. The molecule has 22 heavy (non-hydrogen) atoms. The highest BCUT2D eigenvalue weighted by Crippen LogP contribution is 2.25. The van der Waals surface area contributed by atoms with Crippen molar-refractivity contribution in [1.29, 1.82) is 0 Å². The van der Waals surface area contributed by atoms with Crippen molar-refractivity contribution in [2.24, 2.45) is 5.92 Å². The number of hydrogen-bond acceptors (Lipinski definition) is 3. The number of hydrogen-bond donors (Lipinski definition) is 1. The van der Waals surface area contributed by atoms with Crippen molar-refractivity contribution in [3.8, 4) is 5.69 Å². The molecule has 1 aliphatic rings. The van der Waals surface area contributed by atoms with Crippen molar-refractivity contribution in [2.45, 2.75) is 39.8 Å². The fraction of sp³-hybridized carbons (Fsp3) is 0.500. The lowest BCUT2D eigenvalue weighted by Crippen LogP contribution is -2.24. The molecule has 2 atom stereocenters. The van der Waals surface area contributed by atoms with E-state index in [4.69, 9.17) is 5.10 Å². The van der Waals surface area contributed by atoms with Gasteiger partial charge in [0.2, 0.25) is 0 Å². The molecule has 1 aliphatic heterocycles. The van der Waals surface area contributed by atoms with E-state index >= 15 is 0 Å². The number of para-hydroxylation sites is 1. The molecule has 2 aromatic rings. The van der Waals surface area contributed by atoms with E-state index in [1.165, 1.54) is 11.3 Å². The van der Waals surface area contributed by atoms with Crippen LogP contribution in [0.3, 0.4) is 0 Å². The Morgan fingerprint density at radius 2 is 2.00 bits per heavy atom. The Morgan fingerprint density at radius 3 is 2.64 bits per heavy atom. The Labute approximate surface area is 132 Å². The fourth-order valence-corrected chi connectivity index (χ4v) is 3.35. The highest BCUT2D eigenvalue weighted by Gasteiger charge is 2.27. The molecule has 118 valence electrons. The van der Waals surface area contributed by atoms with E-state index in [0.29, 0.717) is 5.92 Å². The molecule has 0 amide bonds. The van der Waals surface area contributed by atoms with Gasteiger partial charge in [-0.25, -0.2) is 4.68 Å². The first kappa shape index (κ1) is 15.3. The zero-order valence-corrected chi connectivity index (χ0v) is 13.7. The zero-order valence-electron chi connectivity index (χ0n) is 13.7. The average molecular weight is 299 g/mol. The van der Waals surface area contributed by atoms with Crippen LogP contribution in [0.5, 0.6) is 0 Å². The summed E-state index contributed by atoms with van der Waals surface area (Å²) in [5, 5.41) is 14.5. The Kier molecular flexibility index (Phi) is 4.32. The minimum absolute atomic E-state index is 0.209. The summed E-state index contributed by atoms with van der Waals surface area (Å²) < 4.78 is 2.03. The maximum atomic E-state index is 9.75. The molecule has 4 heteroatoms. The number of nitrogens with zero attached hydrogens (tertiary/aromatic N) is 3. The lowest BCUT2D eigenvalue weighted by atomic mass is 10.0. The predicted octanol–water partition coefficient (Wildman–Crippen LogP) is 2.69. The summed E-state index contributed by atoms with van der Waals surface area (Å²) in [6.45, 7) is 9.10. The summed E-state index contributed by atoms with van der Waals surface area (Å²) >= 11 is 0. The van der Waals surface area contributed by atoms with E-state index in [2.05, 4.69) is 30.9 Å². The highest BCUT2D eigenvalue weighted by atomic mass is 16.3. The largest absolute Gasteiger partial charge is 0.393 e. The molecule has 1 aromatic heterocycles. The van der Waals surface area contributed by atoms with Crippen LogP contribution in [0, 0.1) is 19.8 Å². The summed E-state index contributed by atoms with van der Waals surface area (Å²) in [5.74, 6) is 0.407. The summed E-state index contributed by atoms with van der Waals surface area (Å²) in [7, 11) is 0. The quantitative estimate of drug-likeness (QED) is 0.944. The Balaban J connectivity index is 1.80. The first-order chi connectivity index (χ1) is 10.6. The molecule has 2 heterocycles. The van der Waals surface area contributed by atoms with E-state index in [9.17, 15) is 5.11 Å². The van der Waals surface area contributed by atoms with Crippen LogP contribution in [0.15, 0.2) is 30.3 Å². The molecule has 4 nitrogen and oxygen atoms in total. The molecule has 0 radical (unpaired) electrons. The van der Waals surface area contributed by atoms with Crippen LogP contribution in [0.2, 0.25) is 0 Å². The van der Waals surface area contributed by atoms with Gasteiger partial charge in [0.15, 0.2) is 0 Å². The standard InChI is InChI=1S/C18H25N3O/c1-13-18(12-20-10-9-16(11-20)15(3)22)14(2)21(19-13)17-7-5-4-6-8-17/h4-8,15-16,22H,9-12H2,1-3H3. The van der Waals surface area contributed by atoms with Gasteiger partial charge < -0.3 is 5.11 Å². The lowest BCUT2D eigenvalue weighted by Gasteiger charge is -2.17. The summed E-state index contributed by atoms with van der Waals surface area (Å²) in [6.07, 6.45) is 0.877. The normalized spacial score (nSPS) is 20.5. The average Bonchev–Trinajstić information content (AvgIpc) is 3.09. The summed E-state index contributed by atoms with van der Waals surface area (Å²) in [5.41, 5.74) is 4.73. The second-order valence-electron chi connectivity index (χ2n) is 6.42. The number of aromatic nitrogens is 2. The minimum atomic E-state index is -0.209. The maximum absolute atomic E-state index is 9.75. The van der Waals surface area contributed by atoms with Gasteiger partial charge in [0.1, 0.15) is 0 Å². The van der Waals surface area contributed by atoms with Crippen LogP contribution in [0.25, 0.3) is 5.69 Å². The molecule has 1 fully saturated rings. The third kappa shape index (κ3) is 2.94. The number of benzene rings is 1. The van der Waals surface area contributed by atoms with Gasteiger partial charge in [-0.3, -0.25) is 4.90 Å². The summed E-state index contributed by atoms with van der Waals surface area (Å²) in [6, 6.07) is 10.3. The van der Waals surface area contributed by atoms with Gasteiger partial charge in [0.05, 0.1) is 17.5 Å². The van der Waals surface area contributed by atoms with Crippen molar-refractivity contribution in [3.63, 3.8) is 0 Å². The molecule has 1 N–H and O–H groups in total. The van der Waals surface area contributed by atoms with Gasteiger partial charge in [-0.05, 0) is 51.8 Å². The first-order valence-electron chi connectivity index (χ1n) is 8.07. The monoisotopic (exact) mass is 299 g/mol. The van der Waals surface area contributed by atoms with Gasteiger partial charge in [0.25, 0.3) is 0 Å². The van der Waals surface area contributed by atoms with Crippen LogP contribution >= 0.6 is 0 Å². The van der Waals surface area contributed by atoms with Crippen LogP contribution < -0.4 is 0 Å². The minimum Gasteiger partial charge on any atom is -0.393 e. The molecule has 0 bridgehead atoms. The van der Waals surface area contributed by atoms with Crippen molar-refractivity contribution in [3.05, 3.63) is 47.3 Å². The number of rotatable bonds is 4. The Bertz CT molecular complexity index is 633. The second-order valence-corrected chi connectivity index (χ2v) is 6.42. The highest BCUT2D eigenvalue weighted by molar-refractivity contribution is 5.36. The third-order valence-corrected chi connectivity index (χ3v) is 4.81. The van der Waals surface area contributed by atoms with Crippen LogP contribution in [0.1, 0.15) is 30.3 Å². The van der Waals surface area contributed by atoms with Crippen molar-refractivity contribution in [1.82, 2.24) is 14.7 Å². The molecule has 2 unspecified atom stereocenters. The first-order valence-corrected chi connectivity index (χ1v) is 8.07. The third-order valence-electron chi connectivity index (χ3n) is 4.81. The molecule has 1 saturated heterocycles. The molecular weight excluding hydrogens is 274 g/mol. The zero-order chi connectivity index (χ0) is 15.7. The van der Waals surface area contributed by atoms with Crippen molar-refractivity contribution in [2.75, 3.05) is 13.1 Å². The Hall–Kier alpha value is -1.65. The van der Waals surface area contributed by atoms with Gasteiger partial charge in [-0.2, -0.15) is 5.10 Å². The topological polar surface area (TPSA) is 41.3 Å². The second kappa shape index (κ2) is 6.23. The van der Waals surface area contributed by atoms with E-state index in [1.807, 2.05) is 29.8 Å². The maximum Gasteiger partial charge on any atom is 0.0648 e. The van der Waals surface area contributed by atoms with Crippen LogP contribution in [0.4, 0.5) is 0 Å². The van der Waals surface area contributed by atoms with Crippen molar-refractivity contribution < 1.29 is 5.11 Å². The van der Waals surface area contributed by atoms with E-state index in [0.717, 1.165) is 37.4 Å². The van der Waals surface area contributed by atoms with Crippen molar-refractivity contribution >= 4 is 0 Å². The summed E-state index contributed by atoms with van der Waals surface area (Å²) in [4.78, 5) is 2.43. The van der Waals surface area contributed by atoms with Gasteiger partial charge in [0, 0.05) is 24.3 Å². The van der Waals surface area contributed by atoms with Gasteiger partial charge >= 0.3 is 0 Å². The van der Waals surface area contributed by atoms with Crippen LogP contribution in [-0.2, 0) is 6.54 Å². The fourth-order valence-electron chi connectivity index (χ4n) is 3.35. The molecule has 3 rings (SSSR count). The lowest BCUT2D eigenvalue weighted by molar-refractivity contribution is 0.127. The number of aliphatic hydroxyl groups excluding tert-OH is 1. The molecular formula is C18H25N3O. The number of aryl methyl sites for hydroxylation is 1. The van der Waals surface area contributed by atoms with Crippen LogP contribution in [-0.4, -0.2) is 39.0 Å². The molecule has 0 spiro atoms. The molecule has 0 saturated carbocycles.